The van der Waals surface area contributed by atoms with Gasteiger partial charge in [-0.25, -0.2) is 4.79 Å². The summed E-state index contributed by atoms with van der Waals surface area (Å²) in [6, 6.07) is 2.63. The molecular weight excluding hydrogens is 421 g/mol. The maximum absolute atomic E-state index is 12.4. The van der Waals surface area contributed by atoms with Gasteiger partial charge in [0.05, 0.1) is 0 Å². The minimum Gasteiger partial charge on any atom is -0.343 e. The van der Waals surface area contributed by atoms with Gasteiger partial charge in [0.2, 0.25) is 5.91 Å². The molecule has 0 atom stereocenters. The maximum Gasteiger partial charge on any atom is 0.405 e. The molecule has 3 heterocycles. The number of aryl methyl sites for hydroxylation is 1. The molecular formula is C18H21F3N6O4. The number of H-pyrrole nitrogens is 2. The van der Waals surface area contributed by atoms with E-state index in [0.717, 1.165) is 0 Å². The lowest BCUT2D eigenvalue weighted by Gasteiger charge is -2.31. The van der Waals surface area contributed by atoms with Crippen molar-refractivity contribution in [2.45, 2.75) is 37.9 Å². The van der Waals surface area contributed by atoms with Gasteiger partial charge in [-0.05, 0) is 18.9 Å². The van der Waals surface area contributed by atoms with Crippen LogP contribution in [0.4, 0.5) is 13.2 Å². The van der Waals surface area contributed by atoms with E-state index in [1.807, 2.05) is 0 Å². The predicted molar refractivity (Wildman–Crippen MR) is 101 cm³/mol. The normalized spacial score (nSPS) is 15.1. The van der Waals surface area contributed by atoms with E-state index in [1.165, 1.54) is 22.9 Å². The number of hydrogen-bond donors (Lipinski definition) is 3. The molecule has 1 aliphatic heterocycles. The molecule has 1 saturated heterocycles. The molecule has 0 radical (unpaired) electrons. The summed E-state index contributed by atoms with van der Waals surface area (Å²) in [5.74, 6) is -1.05. The number of nitrogens with zero attached hydrogens (tertiary/aromatic N) is 3. The van der Waals surface area contributed by atoms with Crippen LogP contribution in [0.2, 0.25) is 0 Å². The van der Waals surface area contributed by atoms with Crippen LogP contribution in [0.25, 0.3) is 0 Å². The maximum atomic E-state index is 12.4. The Morgan fingerprint density at radius 3 is 2.58 bits per heavy atom. The number of carbonyl (C=O) groups excluding carboxylic acids is 2. The number of carbonyl (C=O) groups is 2. The third-order valence-electron chi connectivity index (χ3n) is 5.03. The van der Waals surface area contributed by atoms with Crippen molar-refractivity contribution in [3.63, 3.8) is 0 Å². The standard InChI is InChI=1S/C18H21F3N6O4/c19-18(20,21)10-22-16(30)13-9-12(24-25-13)11-1-5-26(6-2-11)15(29)4-8-27-7-3-14(28)23-17(27)31/h3,7,9,11H,1-2,4-6,8,10H2,(H,22,30)(H,24,25)(H,23,28,31). The van der Waals surface area contributed by atoms with E-state index >= 15 is 0 Å². The van der Waals surface area contributed by atoms with Gasteiger partial charge in [0.25, 0.3) is 11.5 Å². The van der Waals surface area contributed by atoms with Crippen molar-refractivity contribution in [3.05, 3.63) is 50.6 Å². The summed E-state index contributed by atoms with van der Waals surface area (Å²) in [7, 11) is 0. The van der Waals surface area contributed by atoms with E-state index in [-0.39, 0.29) is 30.5 Å². The molecule has 1 aliphatic rings. The van der Waals surface area contributed by atoms with Gasteiger partial charge in [0.15, 0.2) is 0 Å². The quantitative estimate of drug-likeness (QED) is 0.594. The molecule has 0 aromatic carbocycles. The fourth-order valence-corrected chi connectivity index (χ4v) is 3.37. The van der Waals surface area contributed by atoms with Crippen molar-refractivity contribution < 1.29 is 22.8 Å². The fourth-order valence-electron chi connectivity index (χ4n) is 3.37. The molecule has 2 aromatic rings. The average molecular weight is 442 g/mol. The SMILES string of the molecule is O=C(NCC(F)(F)F)c1cc(C2CCN(C(=O)CCn3ccc(=O)[nH]c3=O)CC2)[nH]n1. The Labute approximate surface area is 173 Å². The third kappa shape index (κ3) is 6.06. The Morgan fingerprint density at radius 1 is 1.23 bits per heavy atom. The van der Waals surface area contributed by atoms with Crippen LogP contribution in [0.3, 0.4) is 0 Å². The lowest BCUT2D eigenvalue weighted by Crippen LogP contribution is -2.39. The Balaban J connectivity index is 1.48. The first kappa shape index (κ1) is 22.3. The number of halogens is 3. The third-order valence-corrected chi connectivity index (χ3v) is 5.03. The summed E-state index contributed by atoms with van der Waals surface area (Å²) in [5, 5.41) is 8.24. The lowest BCUT2D eigenvalue weighted by atomic mass is 9.93. The first-order chi connectivity index (χ1) is 14.6. The molecule has 13 heteroatoms. The van der Waals surface area contributed by atoms with Crippen molar-refractivity contribution in [1.82, 2.24) is 30.0 Å². The fraction of sp³-hybridized carbons (Fsp3) is 0.500. The summed E-state index contributed by atoms with van der Waals surface area (Å²) in [4.78, 5) is 50.7. The van der Waals surface area contributed by atoms with Gasteiger partial charge in [0, 0.05) is 49.9 Å². The molecule has 0 saturated carbocycles. The number of piperidine rings is 1. The van der Waals surface area contributed by atoms with Crippen LogP contribution in [0, 0.1) is 0 Å². The van der Waals surface area contributed by atoms with Gasteiger partial charge in [-0.15, -0.1) is 0 Å². The number of aromatic amines is 2. The zero-order chi connectivity index (χ0) is 22.6. The summed E-state index contributed by atoms with van der Waals surface area (Å²) in [6.45, 7) is -0.373. The minimum atomic E-state index is -4.50. The molecule has 168 valence electrons. The van der Waals surface area contributed by atoms with Crippen molar-refractivity contribution in [3.8, 4) is 0 Å². The molecule has 0 bridgehead atoms. The van der Waals surface area contributed by atoms with E-state index < -0.39 is 29.9 Å². The number of amides is 2. The second kappa shape index (κ2) is 9.18. The number of hydrogen-bond acceptors (Lipinski definition) is 5. The van der Waals surface area contributed by atoms with Gasteiger partial charge in [-0.3, -0.25) is 24.5 Å². The molecule has 3 N–H and O–H groups in total. The smallest absolute Gasteiger partial charge is 0.343 e. The molecule has 0 aliphatic carbocycles. The zero-order valence-corrected chi connectivity index (χ0v) is 16.4. The highest BCUT2D eigenvalue weighted by Crippen LogP contribution is 2.27. The van der Waals surface area contributed by atoms with Crippen molar-refractivity contribution in [2.75, 3.05) is 19.6 Å². The van der Waals surface area contributed by atoms with Gasteiger partial charge < -0.3 is 14.8 Å². The predicted octanol–water partition coefficient (Wildman–Crippen LogP) is 0.348. The Bertz CT molecular complexity index is 1050. The molecule has 0 spiro atoms. The number of alkyl halides is 3. The topological polar surface area (TPSA) is 133 Å². The minimum absolute atomic E-state index is 0.0115. The summed E-state index contributed by atoms with van der Waals surface area (Å²) in [5.41, 5.74) is -0.573. The van der Waals surface area contributed by atoms with E-state index in [4.69, 9.17) is 0 Å². The first-order valence-corrected chi connectivity index (χ1v) is 9.60. The van der Waals surface area contributed by atoms with Crippen molar-refractivity contribution >= 4 is 11.8 Å². The summed E-state index contributed by atoms with van der Waals surface area (Å²) < 4.78 is 37.9. The lowest BCUT2D eigenvalue weighted by molar-refractivity contribution is -0.132. The molecule has 31 heavy (non-hydrogen) atoms. The van der Waals surface area contributed by atoms with Crippen LogP contribution in [-0.4, -0.2) is 62.3 Å². The van der Waals surface area contributed by atoms with Crippen LogP contribution in [0.1, 0.15) is 41.4 Å². The Hall–Kier alpha value is -3.38. The van der Waals surface area contributed by atoms with Crippen LogP contribution < -0.4 is 16.6 Å². The summed E-state index contributed by atoms with van der Waals surface area (Å²) in [6.07, 6.45) is -1.88. The zero-order valence-electron chi connectivity index (χ0n) is 16.4. The van der Waals surface area contributed by atoms with E-state index in [1.54, 1.807) is 10.2 Å². The van der Waals surface area contributed by atoms with E-state index in [2.05, 4.69) is 15.2 Å². The first-order valence-electron chi connectivity index (χ1n) is 9.60. The average Bonchev–Trinajstić information content (AvgIpc) is 3.21. The number of nitrogens with one attached hydrogen (secondary N) is 3. The van der Waals surface area contributed by atoms with Crippen LogP contribution in [0.5, 0.6) is 0 Å². The highest BCUT2D eigenvalue weighted by molar-refractivity contribution is 5.92. The second-order valence-corrected chi connectivity index (χ2v) is 7.21. The largest absolute Gasteiger partial charge is 0.405 e. The molecule has 2 amide bonds. The molecule has 10 nitrogen and oxygen atoms in total. The second-order valence-electron chi connectivity index (χ2n) is 7.21. The monoisotopic (exact) mass is 442 g/mol. The van der Waals surface area contributed by atoms with Gasteiger partial charge in [0.1, 0.15) is 12.2 Å². The Kier molecular flexibility index (Phi) is 6.61. The molecule has 2 aromatic heterocycles. The molecule has 1 fully saturated rings. The van der Waals surface area contributed by atoms with Crippen LogP contribution in [-0.2, 0) is 11.3 Å². The van der Waals surface area contributed by atoms with Crippen LogP contribution in [0.15, 0.2) is 27.9 Å². The number of likely N-dealkylation sites (tertiary alicyclic amines) is 1. The van der Waals surface area contributed by atoms with Gasteiger partial charge in [-0.1, -0.05) is 0 Å². The van der Waals surface area contributed by atoms with Crippen molar-refractivity contribution in [1.29, 1.82) is 0 Å². The number of rotatable bonds is 6. The molecule has 3 rings (SSSR count). The summed E-state index contributed by atoms with van der Waals surface area (Å²) >= 11 is 0. The molecule has 0 unspecified atom stereocenters. The number of aromatic nitrogens is 4. The Morgan fingerprint density at radius 2 is 1.94 bits per heavy atom. The van der Waals surface area contributed by atoms with E-state index in [0.29, 0.717) is 31.6 Å². The van der Waals surface area contributed by atoms with E-state index in [9.17, 15) is 32.3 Å². The highest BCUT2D eigenvalue weighted by Gasteiger charge is 2.29. The van der Waals surface area contributed by atoms with Crippen molar-refractivity contribution in [2.24, 2.45) is 0 Å². The van der Waals surface area contributed by atoms with Gasteiger partial charge >= 0.3 is 11.9 Å². The highest BCUT2D eigenvalue weighted by atomic mass is 19.4. The van der Waals surface area contributed by atoms with Gasteiger partial charge in [-0.2, -0.15) is 18.3 Å². The van der Waals surface area contributed by atoms with Crippen LogP contribution >= 0.6 is 0 Å².